The lowest BCUT2D eigenvalue weighted by Crippen LogP contribution is -2.32. The van der Waals surface area contributed by atoms with Gasteiger partial charge in [-0.05, 0) is 31.0 Å². The lowest BCUT2D eigenvalue weighted by molar-refractivity contribution is 0.270. The maximum absolute atomic E-state index is 9.11. The molecule has 1 unspecified atom stereocenters. The van der Waals surface area contributed by atoms with Gasteiger partial charge in [0.05, 0.1) is 12.6 Å². The number of aliphatic hydroxyl groups is 1. The first-order valence-corrected chi connectivity index (χ1v) is 6.54. The normalized spacial score (nSPS) is 12.8. The van der Waals surface area contributed by atoms with E-state index >= 15 is 0 Å². The second kappa shape index (κ2) is 7.34. The van der Waals surface area contributed by atoms with Crippen molar-refractivity contribution in [2.24, 2.45) is 5.92 Å². The third kappa shape index (κ3) is 4.63. The highest BCUT2D eigenvalue weighted by Gasteiger charge is 2.09. The molecule has 0 bridgehead atoms. The number of hydrogen-bond acceptors (Lipinski definition) is 4. The fourth-order valence-electron chi connectivity index (χ4n) is 1.58. The summed E-state index contributed by atoms with van der Waals surface area (Å²) in [4.78, 5) is 6.40. The number of hydrogen-bond donors (Lipinski definition) is 2. The van der Waals surface area contributed by atoms with Crippen molar-refractivity contribution in [3.63, 3.8) is 0 Å². The molecule has 102 valence electrons. The number of aromatic nitrogens is 1. The molecule has 0 spiro atoms. The van der Waals surface area contributed by atoms with Crippen molar-refractivity contribution in [2.45, 2.75) is 33.4 Å². The van der Waals surface area contributed by atoms with E-state index in [0.717, 1.165) is 18.9 Å². The molecule has 4 nitrogen and oxygen atoms in total. The van der Waals surface area contributed by atoms with Crippen molar-refractivity contribution in [2.75, 3.05) is 25.1 Å². The number of pyridine rings is 1. The molecule has 0 amide bonds. The Balaban J connectivity index is 2.52. The molecule has 0 saturated carbocycles. The van der Waals surface area contributed by atoms with Crippen LogP contribution in [-0.4, -0.2) is 36.3 Å². The van der Waals surface area contributed by atoms with E-state index in [1.54, 1.807) is 0 Å². The first-order chi connectivity index (χ1) is 8.54. The molecule has 0 aromatic carbocycles. The minimum atomic E-state index is 0.0856. The van der Waals surface area contributed by atoms with E-state index in [9.17, 15) is 0 Å². The molecule has 1 rings (SSSR count). The lowest BCUT2D eigenvalue weighted by Gasteiger charge is -2.24. The number of aliphatic hydroxyl groups excluding tert-OH is 1. The maximum Gasteiger partial charge on any atom is 0.128 e. The minimum Gasteiger partial charge on any atom is -0.394 e. The van der Waals surface area contributed by atoms with Gasteiger partial charge in [-0.15, -0.1) is 0 Å². The summed E-state index contributed by atoms with van der Waals surface area (Å²) in [5, 5.41) is 12.5. The van der Waals surface area contributed by atoms with Gasteiger partial charge in [0.1, 0.15) is 5.82 Å². The Bertz CT molecular complexity index is 337. The van der Waals surface area contributed by atoms with Crippen LogP contribution >= 0.6 is 0 Å². The van der Waals surface area contributed by atoms with E-state index in [-0.39, 0.29) is 12.6 Å². The summed E-state index contributed by atoms with van der Waals surface area (Å²) in [5.41, 5.74) is 1.18. The van der Waals surface area contributed by atoms with Crippen molar-refractivity contribution in [1.29, 1.82) is 0 Å². The number of likely N-dealkylation sites (N-methyl/N-ethyl adjacent to an activating group) is 1. The third-order valence-electron chi connectivity index (χ3n) is 2.98. The highest BCUT2D eigenvalue weighted by Crippen LogP contribution is 2.12. The van der Waals surface area contributed by atoms with Gasteiger partial charge in [0.2, 0.25) is 0 Å². The van der Waals surface area contributed by atoms with E-state index in [4.69, 9.17) is 5.11 Å². The predicted octanol–water partition coefficient (Wildman–Crippen LogP) is 1.64. The first kappa shape index (κ1) is 14.9. The first-order valence-electron chi connectivity index (χ1n) is 6.54. The van der Waals surface area contributed by atoms with Crippen molar-refractivity contribution < 1.29 is 5.11 Å². The Morgan fingerprint density at radius 2 is 2.06 bits per heavy atom. The van der Waals surface area contributed by atoms with Crippen LogP contribution in [0.15, 0.2) is 18.3 Å². The van der Waals surface area contributed by atoms with Crippen molar-refractivity contribution >= 4 is 5.82 Å². The molecule has 1 aromatic rings. The zero-order chi connectivity index (χ0) is 13.5. The van der Waals surface area contributed by atoms with Gasteiger partial charge in [-0.25, -0.2) is 4.98 Å². The van der Waals surface area contributed by atoms with Gasteiger partial charge in [0, 0.05) is 19.8 Å². The average molecular weight is 251 g/mol. The van der Waals surface area contributed by atoms with Gasteiger partial charge in [-0.1, -0.05) is 19.9 Å². The van der Waals surface area contributed by atoms with Crippen LogP contribution in [0.2, 0.25) is 0 Å². The summed E-state index contributed by atoms with van der Waals surface area (Å²) in [7, 11) is 1.94. The second-order valence-electron chi connectivity index (χ2n) is 5.19. The Morgan fingerprint density at radius 3 is 2.56 bits per heavy atom. The topological polar surface area (TPSA) is 48.4 Å². The SMILES string of the molecule is CC(C)CNCc1ccc(N(C)C(C)CO)nc1. The minimum absolute atomic E-state index is 0.0856. The smallest absolute Gasteiger partial charge is 0.128 e. The molecule has 4 heteroatoms. The lowest BCUT2D eigenvalue weighted by atomic mass is 10.2. The van der Waals surface area contributed by atoms with Crippen LogP contribution < -0.4 is 10.2 Å². The van der Waals surface area contributed by atoms with Crippen LogP contribution in [-0.2, 0) is 6.54 Å². The standard InChI is InChI=1S/C14H25N3O/c1-11(2)7-15-8-13-5-6-14(16-9-13)17(4)12(3)10-18/h5-6,9,11-12,15,18H,7-8,10H2,1-4H3. The van der Waals surface area contributed by atoms with Gasteiger partial charge in [0.25, 0.3) is 0 Å². The fourth-order valence-corrected chi connectivity index (χ4v) is 1.58. The molecule has 18 heavy (non-hydrogen) atoms. The van der Waals surface area contributed by atoms with Gasteiger partial charge >= 0.3 is 0 Å². The Hall–Kier alpha value is -1.13. The highest BCUT2D eigenvalue weighted by molar-refractivity contribution is 5.39. The molecule has 0 fully saturated rings. The number of nitrogens with zero attached hydrogens (tertiary/aromatic N) is 2. The molecule has 0 radical (unpaired) electrons. The van der Waals surface area contributed by atoms with Crippen LogP contribution in [0.3, 0.4) is 0 Å². The summed E-state index contributed by atoms with van der Waals surface area (Å²) >= 11 is 0. The zero-order valence-electron chi connectivity index (χ0n) is 11.8. The summed E-state index contributed by atoms with van der Waals surface area (Å²) in [6.45, 7) is 8.36. The molecule has 0 aliphatic rings. The van der Waals surface area contributed by atoms with Crippen LogP contribution in [0.5, 0.6) is 0 Å². The molecule has 0 saturated heterocycles. The van der Waals surface area contributed by atoms with Crippen LogP contribution in [0, 0.1) is 5.92 Å². The van der Waals surface area contributed by atoms with E-state index in [1.807, 2.05) is 31.1 Å². The second-order valence-corrected chi connectivity index (χ2v) is 5.19. The molecule has 0 aliphatic carbocycles. The van der Waals surface area contributed by atoms with Gasteiger partial charge < -0.3 is 15.3 Å². The van der Waals surface area contributed by atoms with Crippen molar-refractivity contribution in [3.05, 3.63) is 23.9 Å². The zero-order valence-corrected chi connectivity index (χ0v) is 11.8. The number of rotatable bonds is 7. The van der Waals surface area contributed by atoms with Crippen LogP contribution in [0.4, 0.5) is 5.82 Å². The molecular weight excluding hydrogens is 226 g/mol. The molecular formula is C14H25N3O. The Morgan fingerprint density at radius 1 is 1.33 bits per heavy atom. The van der Waals surface area contributed by atoms with Gasteiger partial charge in [-0.3, -0.25) is 0 Å². The quantitative estimate of drug-likeness (QED) is 0.773. The molecule has 1 aromatic heterocycles. The molecule has 1 heterocycles. The Kier molecular flexibility index (Phi) is 6.09. The Labute approximate surface area is 110 Å². The highest BCUT2D eigenvalue weighted by atomic mass is 16.3. The monoisotopic (exact) mass is 251 g/mol. The van der Waals surface area contributed by atoms with E-state index in [1.165, 1.54) is 5.56 Å². The van der Waals surface area contributed by atoms with Crippen LogP contribution in [0.25, 0.3) is 0 Å². The van der Waals surface area contributed by atoms with Crippen LogP contribution in [0.1, 0.15) is 26.3 Å². The van der Waals surface area contributed by atoms with E-state index < -0.39 is 0 Å². The third-order valence-corrected chi connectivity index (χ3v) is 2.98. The predicted molar refractivity (Wildman–Crippen MR) is 75.7 cm³/mol. The number of anilines is 1. The summed E-state index contributed by atoms with van der Waals surface area (Å²) in [6.07, 6.45) is 1.89. The summed E-state index contributed by atoms with van der Waals surface area (Å²) < 4.78 is 0. The molecule has 2 N–H and O–H groups in total. The van der Waals surface area contributed by atoms with E-state index in [0.29, 0.717) is 5.92 Å². The van der Waals surface area contributed by atoms with Gasteiger partial charge in [-0.2, -0.15) is 0 Å². The van der Waals surface area contributed by atoms with E-state index in [2.05, 4.69) is 30.2 Å². The maximum atomic E-state index is 9.11. The van der Waals surface area contributed by atoms with Crippen molar-refractivity contribution in [1.82, 2.24) is 10.3 Å². The van der Waals surface area contributed by atoms with Crippen molar-refractivity contribution in [3.8, 4) is 0 Å². The largest absolute Gasteiger partial charge is 0.394 e. The van der Waals surface area contributed by atoms with Gasteiger partial charge in [0.15, 0.2) is 0 Å². The summed E-state index contributed by atoms with van der Waals surface area (Å²) in [6, 6.07) is 4.16. The average Bonchev–Trinajstić information content (AvgIpc) is 2.37. The molecule has 1 atom stereocenters. The fraction of sp³-hybridized carbons (Fsp3) is 0.643. The number of nitrogens with one attached hydrogen (secondary N) is 1. The molecule has 0 aliphatic heterocycles. The summed E-state index contributed by atoms with van der Waals surface area (Å²) in [5.74, 6) is 1.55.